The van der Waals surface area contributed by atoms with Gasteiger partial charge in [-0.3, -0.25) is 9.79 Å². The van der Waals surface area contributed by atoms with Gasteiger partial charge in [-0.25, -0.2) is 9.36 Å². The van der Waals surface area contributed by atoms with E-state index in [-0.39, 0.29) is 11.9 Å². The maximum Gasteiger partial charge on any atom is 0.336 e. The Kier molecular flexibility index (Phi) is 36.7. The van der Waals surface area contributed by atoms with Gasteiger partial charge in [0.25, 0.3) is 0 Å². The van der Waals surface area contributed by atoms with Gasteiger partial charge in [-0.1, -0.05) is 239 Å². The molecule has 368 valence electrons. The van der Waals surface area contributed by atoms with E-state index in [0.29, 0.717) is 30.2 Å². The van der Waals surface area contributed by atoms with Gasteiger partial charge in [-0.2, -0.15) is 0 Å². The van der Waals surface area contributed by atoms with Gasteiger partial charge in [0.2, 0.25) is 0 Å². The van der Waals surface area contributed by atoms with Gasteiger partial charge in [0.1, 0.15) is 12.5 Å². The van der Waals surface area contributed by atoms with Crippen molar-refractivity contribution in [2.75, 3.05) is 13.2 Å². The highest BCUT2D eigenvalue weighted by Crippen LogP contribution is 2.40. The molecular formula is C58H103N2O4+. The number of aryl methyl sites for hydroxylation is 1. The molecule has 1 aromatic rings. The number of pyridine rings is 1. The number of ether oxygens (including phenoxy) is 2. The lowest BCUT2D eigenvalue weighted by molar-refractivity contribution is -0.697. The lowest BCUT2D eigenvalue weighted by Gasteiger charge is -2.31. The molecule has 2 rings (SSSR count). The van der Waals surface area contributed by atoms with Crippen LogP contribution in [0, 0.1) is 5.92 Å². The van der Waals surface area contributed by atoms with Crippen LogP contribution in [0.2, 0.25) is 0 Å². The standard InChI is InChI=1S/C58H103N2O4/c1-6-9-12-15-18-21-24-27-28-29-32-35-38-41-46-60-47-44-45-53(50-60)56-54(57(61)63-48-42-39-36-33-30-25-22-19-16-13-10-7-2)51(4)59-52(5)55(56)58(62)64-49-43-40-37-34-31-26-23-20-17-14-11-8-3/h44-45,47,50,54,56H,6-43,46,48-49H2,1-5H3/q+1. The van der Waals surface area contributed by atoms with Crippen LogP contribution >= 0.6 is 0 Å². The summed E-state index contributed by atoms with van der Waals surface area (Å²) < 4.78 is 14.3. The Hall–Kier alpha value is -2.50. The zero-order chi connectivity index (χ0) is 46.1. The van der Waals surface area contributed by atoms with Gasteiger partial charge in [0.05, 0.1) is 18.8 Å². The molecule has 0 aromatic carbocycles. The molecule has 0 radical (unpaired) electrons. The molecule has 2 atom stereocenters. The Morgan fingerprint density at radius 2 is 0.859 bits per heavy atom. The minimum atomic E-state index is -0.660. The monoisotopic (exact) mass is 892 g/mol. The van der Waals surface area contributed by atoms with Crippen molar-refractivity contribution in [3.8, 4) is 0 Å². The van der Waals surface area contributed by atoms with Crippen LogP contribution in [0.15, 0.2) is 40.8 Å². The molecule has 1 aromatic heterocycles. The lowest BCUT2D eigenvalue weighted by Crippen LogP contribution is -2.39. The summed E-state index contributed by atoms with van der Waals surface area (Å²) in [5, 5.41) is 0. The van der Waals surface area contributed by atoms with Gasteiger partial charge < -0.3 is 9.47 Å². The summed E-state index contributed by atoms with van der Waals surface area (Å²) in [6.45, 7) is 12.4. The summed E-state index contributed by atoms with van der Waals surface area (Å²) in [5.41, 5.74) is 2.81. The second-order valence-electron chi connectivity index (χ2n) is 19.8. The van der Waals surface area contributed by atoms with Crippen molar-refractivity contribution >= 4 is 17.7 Å². The summed E-state index contributed by atoms with van der Waals surface area (Å²) in [4.78, 5) is 32.9. The quantitative estimate of drug-likeness (QED) is 0.0372. The van der Waals surface area contributed by atoms with Crippen LogP contribution < -0.4 is 4.57 Å². The first-order valence-corrected chi connectivity index (χ1v) is 28.0. The second-order valence-corrected chi connectivity index (χ2v) is 19.8. The molecule has 1 aliphatic rings. The number of esters is 2. The number of aliphatic imine (C=N–C) groups is 1. The van der Waals surface area contributed by atoms with Crippen LogP contribution in [-0.4, -0.2) is 30.9 Å². The minimum absolute atomic E-state index is 0.282. The van der Waals surface area contributed by atoms with Crippen LogP contribution in [0.1, 0.15) is 290 Å². The number of hydrogen-bond acceptors (Lipinski definition) is 5. The maximum atomic E-state index is 14.1. The number of aromatic nitrogens is 1. The Bertz CT molecular complexity index is 1350. The molecule has 0 bridgehead atoms. The topological polar surface area (TPSA) is 68.8 Å². The molecule has 0 N–H and O–H groups in total. The fourth-order valence-electron chi connectivity index (χ4n) is 9.71. The van der Waals surface area contributed by atoms with Crippen molar-refractivity contribution in [1.82, 2.24) is 0 Å². The van der Waals surface area contributed by atoms with Crippen LogP contribution in [0.3, 0.4) is 0 Å². The molecule has 0 saturated carbocycles. The number of hydrogen-bond donors (Lipinski definition) is 0. The molecule has 0 amide bonds. The fourth-order valence-corrected chi connectivity index (χ4v) is 9.71. The number of carbonyl (C=O) groups is 2. The third kappa shape index (κ3) is 27.9. The van der Waals surface area contributed by atoms with Crippen molar-refractivity contribution in [3.05, 3.63) is 41.4 Å². The Morgan fingerprint density at radius 1 is 0.500 bits per heavy atom. The molecule has 6 heteroatoms. The largest absolute Gasteiger partial charge is 0.465 e. The van der Waals surface area contributed by atoms with Crippen LogP contribution in [-0.2, 0) is 25.6 Å². The number of nitrogens with zero attached hydrogens (tertiary/aromatic N) is 2. The summed E-state index contributed by atoms with van der Waals surface area (Å²) in [5.74, 6) is -1.78. The Balaban J connectivity index is 1.93. The summed E-state index contributed by atoms with van der Waals surface area (Å²) in [7, 11) is 0. The normalized spacial score (nSPS) is 15.2. The molecule has 1 aliphatic heterocycles. The van der Waals surface area contributed by atoms with Crippen LogP contribution in [0.4, 0.5) is 0 Å². The third-order valence-electron chi connectivity index (χ3n) is 13.8. The first kappa shape index (κ1) is 57.6. The van der Waals surface area contributed by atoms with E-state index in [4.69, 9.17) is 14.5 Å². The Morgan fingerprint density at radius 3 is 1.27 bits per heavy atom. The highest BCUT2D eigenvalue weighted by atomic mass is 16.5. The van der Waals surface area contributed by atoms with Gasteiger partial charge in [0.15, 0.2) is 12.4 Å². The average molecular weight is 892 g/mol. The predicted molar refractivity (Wildman–Crippen MR) is 273 cm³/mol. The maximum absolute atomic E-state index is 14.1. The molecule has 0 spiro atoms. The minimum Gasteiger partial charge on any atom is -0.465 e. The van der Waals surface area contributed by atoms with E-state index in [2.05, 4.69) is 49.9 Å². The zero-order valence-electron chi connectivity index (χ0n) is 43.0. The molecule has 6 nitrogen and oxygen atoms in total. The van der Waals surface area contributed by atoms with Crippen LogP contribution in [0.5, 0.6) is 0 Å². The van der Waals surface area contributed by atoms with Crippen molar-refractivity contribution in [2.24, 2.45) is 10.9 Å². The fraction of sp³-hybridized carbons (Fsp3) is 0.828. The first-order valence-electron chi connectivity index (χ1n) is 28.0. The van der Waals surface area contributed by atoms with Gasteiger partial charge in [0, 0.05) is 35.4 Å². The highest BCUT2D eigenvalue weighted by molar-refractivity contribution is 6.07. The molecular weight excluding hydrogens is 789 g/mol. The molecule has 0 saturated heterocycles. The SMILES string of the molecule is CCCCCCCCCCCCCCCC[n+]1cccc(C2C(C(=O)OCCCCCCCCCCCCCC)=C(C)N=C(C)C2C(=O)OCCCCCCCCCCCCCC)c1. The van der Waals surface area contributed by atoms with E-state index in [1.165, 1.54) is 212 Å². The van der Waals surface area contributed by atoms with E-state index in [0.717, 1.165) is 44.2 Å². The Labute approximate surface area is 396 Å². The van der Waals surface area contributed by atoms with E-state index >= 15 is 0 Å². The summed E-state index contributed by atoms with van der Waals surface area (Å²) in [6, 6.07) is 4.14. The predicted octanol–water partition coefficient (Wildman–Crippen LogP) is 17.4. The molecule has 64 heavy (non-hydrogen) atoms. The summed E-state index contributed by atoms with van der Waals surface area (Å²) >= 11 is 0. The van der Waals surface area contributed by atoms with E-state index in [9.17, 15) is 9.59 Å². The van der Waals surface area contributed by atoms with Gasteiger partial charge in [-0.05, 0) is 39.2 Å². The van der Waals surface area contributed by atoms with Crippen molar-refractivity contribution < 1.29 is 23.6 Å². The molecule has 0 fully saturated rings. The average Bonchev–Trinajstić information content (AvgIpc) is 3.29. The van der Waals surface area contributed by atoms with Gasteiger partial charge >= 0.3 is 11.9 Å². The van der Waals surface area contributed by atoms with E-state index < -0.39 is 11.8 Å². The first-order chi connectivity index (χ1) is 31.4. The molecule has 2 unspecified atom stereocenters. The third-order valence-corrected chi connectivity index (χ3v) is 13.8. The van der Waals surface area contributed by atoms with Crippen molar-refractivity contribution in [3.63, 3.8) is 0 Å². The van der Waals surface area contributed by atoms with Crippen LogP contribution in [0.25, 0.3) is 0 Å². The number of unbranched alkanes of at least 4 members (excludes halogenated alkanes) is 35. The number of carbonyl (C=O) groups excluding carboxylic acids is 2. The van der Waals surface area contributed by atoms with Crippen molar-refractivity contribution in [2.45, 2.75) is 291 Å². The zero-order valence-corrected chi connectivity index (χ0v) is 43.0. The van der Waals surface area contributed by atoms with Gasteiger partial charge in [-0.15, -0.1) is 0 Å². The summed E-state index contributed by atoms with van der Waals surface area (Å²) in [6.07, 6.45) is 53.4. The van der Waals surface area contributed by atoms with Crippen molar-refractivity contribution in [1.29, 1.82) is 0 Å². The lowest BCUT2D eigenvalue weighted by atomic mass is 9.76. The molecule has 2 heterocycles. The van der Waals surface area contributed by atoms with E-state index in [1.807, 2.05) is 13.8 Å². The molecule has 0 aliphatic carbocycles. The second kappa shape index (κ2) is 40.7. The number of allylic oxidation sites excluding steroid dienone is 1. The highest BCUT2D eigenvalue weighted by Gasteiger charge is 2.43. The smallest absolute Gasteiger partial charge is 0.336 e. The number of rotatable bonds is 44. The van der Waals surface area contributed by atoms with E-state index in [1.54, 1.807) is 0 Å².